The van der Waals surface area contributed by atoms with Crippen molar-refractivity contribution in [3.63, 3.8) is 0 Å². The SMILES string of the molecule is COC(=O)CCCN(C)C(=O)CCCC[C@@H]1SC[C@@H]2NC(=O)N[C@H]21. The van der Waals surface area contributed by atoms with E-state index in [4.69, 9.17) is 0 Å². The Bertz CT molecular complexity index is 474. The number of nitrogens with one attached hydrogen (secondary N) is 2. The predicted molar refractivity (Wildman–Crippen MR) is 92.8 cm³/mol. The lowest BCUT2D eigenvalue weighted by Crippen LogP contribution is -2.36. The molecule has 24 heavy (non-hydrogen) atoms. The molecule has 0 spiro atoms. The molecule has 0 unspecified atom stereocenters. The van der Waals surface area contributed by atoms with Crippen molar-refractivity contribution in [1.29, 1.82) is 0 Å². The number of thioether (sulfide) groups is 1. The first-order valence-electron chi connectivity index (χ1n) is 8.50. The van der Waals surface area contributed by atoms with Gasteiger partial charge in [-0.1, -0.05) is 6.42 Å². The molecule has 0 aromatic carbocycles. The molecular weight excluding hydrogens is 330 g/mol. The number of hydrogen-bond donors (Lipinski definition) is 2. The summed E-state index contributed by atoms with van der Waals surface area (Å²) >= 11 is 1.90. The molecule has 7 nitrogen and oxygen atoms in total. The number of fused-ring (bicyclic) bond motifs is 1. The normalized spacial score (nSPS) is 24.9. The predicted octanol–water partition coefficient (Wildman–Crippen LogP) is 1.12. The lowest BCUT2D eigenvalue weighted by Gasteiger charge is -2.18. The number of methoxy groups -OCH3 is 1. The number of rotatable bonds is 9. The van der Waals surface area contributed by atoms with E-state index >= 15 is 0 Å². The zero-order valence-electron chi connectivity index (χ0n) is 14.4. The fourth-order valence-electron chi connectivity index (χ4n) is 3.14. The van der Waals surface area contributed by atoms with Crippen LogP contribution < -0.4 is 10.6 Å². The van der Waals surface area contributed by atoms with Crippen molar-refractivity contribution in [2.45, 2.75) is 55.9 Å². The van der Waals surface area contributed by atoms with Crippen LogP contribution in [0.15, 0.2) is 0 Å². The van der Waals surface area contributed by atoms with Crippen LogP contribution in [0.2, 0.25) is 0 Å². The maximum Gasteiger partial charge on any atom is 0.315 e. The molecule has 0 radical (unpaired) electrons. The van der Waals surface area contributed by atoms with Gasteiger partial charge in [0.05, 0.1) is 19.2 Å². The Kier molecular flexibility index (Phi) is 7.20. The summed E-state index contributed by atoms with van der Waals surface area (Å²) in [4.78, 5) is 36.1. The van der Waals surface area contributed by atoms with Crippen molar-refractivity contribution in [3.8, 4) is 0 Å². The monoisotopic (exact) mass is 357 g/mol. The zero-order chi connectivity index (χ0) is 17.5. The molecule has 2 N–H and O–H groups in total. The van der Waals surface area contributed by atoms with E-state index in [1.165, 1.54) is 7.11 Å². The molecule has 2 rings (SSSR count). The molecule has 8 heteroatoms. The van der Waals surface area contributed by atoms with E-state index in [1.807, 2.05) is 11.8 Å². The average Bonchev–Trinajstić information content (AvgIpc) is 3.10. The van der Waals surface area contributed by atoms with Crippen molar-refractivity contribution in [1.82, 2.24) is 15.5 Å². The summed E-state index contributed by atoms with van der Waals surface area (Å²) in [5.41, 5.74) is 0. The Hall–Kier alpha value is -1.44. The van der Waals surface area contributed by atoms with E-state index in [2.05, 4.69) is 15.4 Å². The van der Waals surface area contributed by atoms with Crippen LogP contribution in [0.4, 0.5) is 4.79 Å². The van der Waals surface area contributed by atoms with Crippen LogP contribution in [-0.2, 0) is 14.3 Å². The Morgan fingerprint density at radius 1 is 1.25 bits per heavy atom. The highest BCUT2D eigenvalue weighted by atomic mass is 32.2. The van der Waals surface area contributed by atoms with Crippen LogP contribution in [-0.4, -0.2) is 66.6 Å². The number of nitrogens with zero attached hydrogens (tertiary/aromatic N) is 1. The van der Waals surface area contributed by atoms with Crippen LogP contribution in [0, 0.1) is 0 Å². The minimum atomic E-state index is -0.239. The van der Waals surface area contributed by atoms with E-state index in [9.17, 15) is 14.4 Å². The molecule has 2 aliphatic heterocycles. The lowest BCUT2D eigenvalue weighted by atomic mass is 10.0. The smallest absolute Gasteiger partial charge is 0.315 e. The van der Waals surface area contributed by atoms with Gasteiger partial charge in [-0.25, -0.2) is 4.79 Å². The second kappa shape index (κ2) is 9.15. The standard InChI is InChI=1S/C16H27N3O4S/c1-19(9-5-8-14(21)23-2)13(20)7-4-3-6-12-15-11(10-24-12)17-16(22)18-15/h11-12,15H,3-10H2,1-2H3,(H2,17,18,22)/t11-,12-,15+/m0/s1. The van der Waals surface area contributed by atoms with Crippen molar-refractivity contribution >= 4 is 29.7 Å². The molecule has 2 heterocycles. The van der Waals surface area contributed by atoms with Crippen LogP contribution >= 0.6 is 11.8 Å². The van der Waals surface area contributed by atoms with Gasteiger partial charge in [-0.05, 0) is 19.3 Å². The van der Waals surface area contributed by atoms with Crippen molar-refractivity contribution in [3.05, 3.63) is 0 Å². The van der Waals surface area contributed by atoms with Gasteiger partial charge in [0.15, 0.2) is 0 Å². The molecule has 0 aromatic heterocycles. The van der Waals surface area contributed by atoms with Crippen molar-refractivity contribution in [2.75, 3.05) is 26.5 Å². The first kappa shape index (κ1) is 18.9. The van der Waals surface area contributed by atoms with Gasteiger partial charge in [0, 0.05) is 37.4 Å². The highest BCUT2D eigenvalue weighted by molar-refractivity contribution is 8.00. The molecule has 0 aromatic rings. The summed E-state index contributed by atoms with van der Waals surface area (Å²) in [6.45, 7) is 0.577. The average molecular weight is 357 g/mol. The van der Waals surface area contributed by atoms with E-state index in [1.54, 1.807) is 11.9 Å². The van der Waals surface area contributed by atoms with Crippen molar-refractivity contribution < 1.29 is 19.1 Å². The Morgan fingerprint density at radius 2 is 2.04 bits per heavy atom. The third-order valence-corrected chi connectivity index (χ3v) is 6.10. The summed E-state index contributed by atoms with van der Waals surface area (Å²) < 4.78 is 4.58. The summed E-state index contributed by atoms with van der Waals surface area (Å²) in [6.07, 6.45) is 4.37. The van der Waals surface area contributed by atoms with Crippen LogP contribution in [0.3, 0.4) is 0 Å². The fourth-order valence-corrected chi connectivity index (χ4v) is 4.69. The quantitative estimate of drug-likeness (QED) is 0.367. The van der Waals surface area contributed by atoms with Crippen LogP contribution in [0.5, 0.6) is 0 Å². The van der Waals surface area contributed by atoms with E-state index in [-0.39, 0.29) is 30.0 Å². The zero-order valence-corrected chi connectivity index (χ0v) is 15.2. The molecule has 136 valence electrons. The maximum atomic E-state index is 12.0. The number of carbonyl (C=O) groups excluding carboxylic acids is 3. The van der Waals surface area contributed by atoms with Gasteiger partial charge in [-0.2, -0.15) is 11.8 Å². The Morgan fingerprint density at radius 3 is 2.79 bits per heavy atom. The number of ether oxygens (including phenoxy) is 1. The summed E-state index contributed by atoms with van der Waals surface area (Å²) in [5.74, 6) is 0.847. The third-order valence-electron chi connectivity index (χ3n) is 4.60. The van der Waals surface area contributed by atoms with Gasteiger partial charge >= 0.3 is 12.0 Å². The molecule has 0 bridgehead atoms. The van der Waals surface area contributed by atoms with Gasteiger partial charge in [0.2, 0.25) is 5.91 Å². The van der Waals surface area contributed by atoms with Crippen molar-refractivity contribution in [2.24, 2.45) is 0 Å². The summed E-state index contributed by atoms with van der Waals surface area (Å²) in [7, 11) is 3.14. The topological polar surface area (TPSA) is 87.7 Å². The summed E-state index contributed by atoms with van der Waals surface area (Å²) in [5, 5.41) is 6.37. The number of amides is 3. The largest absolute Gasteiger partial charge is 0.469 e. The maximum absolute atomic E-state index is 12.0. The minimum Gasteiger partial charge on any atom is -0.469 e. The van der Waals surface area contributed by atoms with Gasteiger partial charge < -0.3 is 20.3 Å². The van der Waals surface area contributed by atoms with E-state index in [0.29, 0.717) is 31.1 Å². The molecule has 3 atom stereocenters. The first-order chi connectivity index (χ1) is 11.5. The third kappa shape index (κ3) is 5.29. The van der Waals surface area contributed by atoms with Crippen LogP contribution in [0.25, 0.3) is 0 Å². The minimum absolute atomic E-state index is 0.0564. The molecule has 0 saturated carbocycles. The molecule has 0 aliphatic carbocycles. The molecular formula is C16H27N3O4S. The van der Waals surface area contributed by atoms with Gasteiger partial charge in [0.25, 0.3) is 0 Å². The number of carbonyl (C=O) groups is 3. The molecule has 2 saturated heterocycles. The van der Waals surface area contributed by atoms with Gasteiger partial charge in [0.1, 0.15) is 0 Å². The Balaban J connectivity index is 1.56. The van der Waals surface area contributed by atoms with Gasteiger partial charge in [-0.15, -0.1) is 0 Å². The highest BCUT2D eigenvalue weighted by Gasteiger charge is 2.42. The number of urea groups is 1. The van der Waals surface area contributed by atoms with Gasteiger partial charge in [-0.3, -0.25) is 9.59 Å². The lowest BCUT2D eigenvalue weighted by molar-refractivity contribution is -0.141. The van der Waals surface area contributed by atoms with E-state index < -0.39 is 0 Å². The number of esters is 1. The molecule has 2 aliphatic rings. The highest BCUT2D eigenvalue weighted by Crippen LogP contribution is 2.33. The van der Waals surface area contributed by atoms with Crippen LogP contribution in [0.1, 0.15) is 38.5 Å². The first-order valence-corrected chi connectivity index (χ1v) is 9.55. The molecule has 2 fully saturated rings. The Labute approximate surface area is 147 Å². The second-order valence-electron chi connectivity index (χ2n) is 6.36. The molecule has 3 amide bonds. The second-order valence-corrected chi connectivity index (χ2v) is 7.63. The fraction of sp³-hybridized carbons (Fsp3) is 0.812. The number of hydrogen-bond acceptors (Lipinski definition) is 5. The van der Waals surface area contributed by atoms with E-state index in [0.717, 1.165) is 25.0 Å². The number of unbranched alkanes of at least 4 members (excludes halogenated alkanes) is 1. The summed E-state index contributed by atoms with van der Waals surface area (Å²) in [6, 6.07) is 0.438.